The minimum absolute atomic E-state index is 0.163. The van der Waals surface area contributed by atoms with Crippen LogP contribution in [0.1, 0.15) is 33.9 Å². The largest absolute Gasteiger partial charge is 0.488 e. The van der Waals surface area contributed by atoms with Crippen molar-refractivity contribution in [1.29, 1.82) is 0 Å². The number of carbonyl (C=O) groups excluding carboxylic acids is 1. The van der Waals surface area contributed by atoms with Gasteiger partial charge >= 0.3 is 5.97 Å². The van der Waals surface area contributed by atoms with Crippen LogP contribution in [0.2, 0.25) is 0 Å². The molecule has 2 heterocycles. The SMILES string of the molecule is Cc1ccc2c(c1OCc1ccccc1)C[C@@H](C(=O)O)N(C(=O)[C@@H](OC1COC1)c1ccccc1)C2. The number of carboxylic acids is 1. The molecule has 0 aromatic heterocycles. The van der Waals surface area contributed by atoms with Crippen molar-refractivity contribution in [3.05, 3.63) is 101 Å². The molecule has 1 amide bonds. The van der Waals surface area contributed by atoms with Crippen LogP contribution in [-0.4, -0.2) is 47.2 Å². The van der Waals surface area contributed by atoms with Crippen molar-refractivity contribution in [3.8, 4) is 5.75 Å². The molecule has 1 fully saturated rings. The minimum atomic E-state index is -1.05. The van der Waals surface area contributed by atoms with E-state index in [0.717, 1.165) is 22.3 Å². The van der Waals surface area contributed by atoms with Gasteiger partial charge in [0.15, 0.2) is 6.10 Å². The maximum atomic E-state index is 13.8. The van der Waals surface area contributed by atoms with E-state index < -0.39 is 18.1 Å². The number of hydrogen-bond donors (Lipinski definition) is 1. The fourth-order valence-electron chi connectivity index (χ4n) is 4.68. The van der Waals surface area contributed by atoms with Crippen LogP contribution in [0.4, 0.5) is 0 Å². The summed E-state index contributed by atoms with van der Waals surface area (Å²) >= 11 is 0. The highest BCUT2D eigenvalue weighted by Gasteiger charge is 2.41. The van der Waals surface area contributed by atoms with Gasteiger partial charge in [-0.05, 0) is 29.2 Å². The van der Waals surface area contributed by atoms with Gasteiger partial charge in [0.05, 0.1) is 13.2 Å². The number of rotatable bonds is 8. The summed E-state index contributed by atoms with van der Waals surface area (Å²) in [5.74, 6) is -0.723. The molecular formula is C29H29NO6. The van der Waals surface area contributed by atoms with E-state index >= 15 is 0 Å². The molecule has 2 aliphatic heterocycles. The molecule has 0 saturated carbocycles. The maximum Gasteiger partial charge on any atom is 0.326 e. The van der Waals surface area contributed by atoms with Gasteiger partial charge in [0, 0.05) is 18.5 Å². The lowest BCUT2D eigenvalue weighted by molar-refractivity contribution is -0.180. The molecule has 2 atom stereocenters. The average molecular weight is 488 g/mol. The van der Waals surface area contributed by atoms with Crippen molar-refractivity contribution >= 4 is 11.9 Å². The number of carboxylic acid groups (broad SMARTS) is 1. The maximum absolute atomic E-state index is 13.8. The number of benzene rings is 3. The molecule has 0 unspecified atom stereocenters. The average Bonchev–Trinajstić information content (AvgIpc) is 2.87. The zero-order chi connectivity index (χ0) is 25.1. The lowest BCUT2D eigenvalue weighted by atomic mass is 9.90. The van der Waals surface area contributed by atoms with Crippen molar-refractivity contribution in [2.45, 2.75) is 44.7 Å². The Morgan fingerprint density at radius 1 is 1.03 bits per heavy atom. The van der Waals surface area contributed by atoms with Crippen molar-refractivity contribution in [1.82, 2.24) is 4.90 Å². The molecule has 3 aromatic rings. The van der Waals surface area contributed by atoms with E-state index in [2.05, 4.69) is 0 Å². The quantitative estimate of drug-likeness (QED) is 0.516. The second-order valence-electron chi connectivity index (χ2n) is 9.23. The number of fused-ring (bicyclic) bond motifs is 1. The molecule has 1 saturated heterocycles. The third kappa shape index (κ3) is 4.98. The number of aryl methyl sites for hydroxylation is 1. The first-order valence-electron chi connectivity index (χ1n) is 12.1. The fourth-order valence-corrected chi connectivity index (χ4v) is 4.68. The van der Waals surface area contributed by atoms with Crippen LogP contribution < -0.4 is 4.74 Å². The van der Waals surface area contributed by atoms with Crippen molar-refractivity contribution < 1.29 is 28.9 Å². The molecular weight excluding hydrogens is 458 g/mol. The molecule has 36 heavy (non-hydrogen) atoms. The highest BCUT2D eigenvalue weighted by molar-refractivity contribution is 5.88. The summed E-state index contributed by atoms with van der Waals surface area (Å²) in [6.45, 7) is 3.34. The molecule has 186 valence electrons. The Bertz CT molecular complexity index is 1230. The minimum Gasteiger partial charge on any atom is -0.488 e. The fraction of sp³-hybridized carbons (Fsp3) is 0.310. The molecule has 1 N–H and O–H groups in total. The Kier molecular flexibility index (Phi) is 7.02. The van der Waals surface area contributed by atoms with Gasteiger partial charge in [-0.25, -0.2) is 4.79 Å². The van der Waals surface area contributed by atoms with Crippen molar-refractivity contribution in [2.24, 2.45) is 0 Å². The van der Waals surface area contributed by atoms with Crippen molar-refractivity contribution in [3.63, 3.8) is 0 Å². The summed E-state index contributed by atoms with van der Waals surface area (Å²) in [6.07, 6.45) is -0.932. The van der Waals surface area contributed by atoms with Crippen LogP contribution in [0.3, 0.4) is 0 Å². The van der Waals surface area contributed by atoms with Gasteiger partial charge in [-0.15, -0.1) is 0 Å². The summed E-state index contributed by atoms with van der Waals surface area (Å²) in [5.41, 5.74) is 4.38. The Balaban J connectivity index is 1.44. The normalized spacial score (nSPS) is 18.1. The monoisotopic (exact) mass is 487 g/mol. The lowest BCUT2D eigenvalue weighted by Gasteiger charge is -2.38. The van der Waals surface area contributed by atoms with Gasteiger partial charge in [0.1, 0.15) is 24.5 Å². The molecule has 2 aliphatic rings. The predicted octanol–water partition coefficient (Wildman–Crippen LogP) is 4.07. The van der Waals surface area contributed by atoms with E-state index in [4.69, 9.17) is 14.2 Å². The number of aliphatic carboxylic acids is 1. The van der Waals surface area contributed by atoms with Gasteiger partial charge in [-0.2, -0.15) is 0 Å². The van der Waals surface area contributed by atoms with E-state index in [9.17, 15) is 14.7 Å². The molecule has 3 aromatic carbocycles. The molecule has 7 heteroatoms. The summed E-state index contributed by atoms with van der Waals surface area (Å²) in [7, 11) is 0. The highest BCUT2D eigenvalue weighted by atomic mass is 16.6. The molecule has 0 radical (unpaired) electrons. The Morgan fingerprint density at radius 2 is 1.72 bits per heavy atom. The van der Waals surface area contributed by atoms with Gasteiger partial charge in [-0.3, -0.25) is 4.79 Å². The zero-order valence-corrected chi connectivity index (χ0v) is 20.1. The van der Waals surface area contributed by atoms with E-state index in [-0.39, 0.29) is 25.0 Å². The Morgan fingerprint density at radius 3 is 2.36 bits per heavy atom. The number of ether oxygens (including phenoxy) is 3. The topological polar surface area (TPSA) is 85.3 Å². The first-order chi connectivity index (χ1) is 17.5. The summed E-state index contributed by atoms with van der Waals surface area (Å²) < 4.78 is 17.5. The van der Waals surface area contributed by atoms with Crippen LogP contribution in [0.15, 0.2) is 72.8 Å². The summed E-state index contributed by atoms with van der Waals surface area (Å²) in [6, 6.07) is 21.9. The smallest absolute Gasteiger partial charge is 0.326 e. The molecule has 7 nitrogen and oxygen atoms in total. The zero-order valence-electron chi connectivity index (χ0n) is 20.1. The molecule has 0 bridgehead atoms. The summed E-state index contributed by atoms with van der Waals surface area (Å²) in [4.78, 5) is 27.7. The number of nitrogens with zero attached hydrogens (tertiary/aromatic N) is 1. The first-order valence-corrected chi connectivity index (χ1v) is 12.1. The van der Waals surface area contributed by atoms with E-state index in [1.54, 1.807) is 0 Å². The second-order valence-corrected chi connectivity index (χ2v) is 9.23. The first kappa shape index (κ1) is 24.0. The highest BCUT2D eigenvalue weighted by Crippen LogP contribution is 2.36. The van der Waals surface area contributed by atoms with Gasteiger partial charge in [-0.1, -0.05) is 72.8 Å². The van der Waals surface area contributed by atoms with Gasteiger partial charge in [0.2, 0.25) is 0 Å². The number of hydrogen-bond acceptors (Lipinski definition) is 5. The molecule has 5 rings (SSSR count). The number of carbonyl (C=O) groups is 2. The lowest BCUT2D eigenvalue weighted by Crippen LogP contribution is -2.51. The standard InChI is InChI=1S/C29H29NO6/c1-19-12-13-22-15-30(28(31)27(36-23-17-34-18-23)21-10-6-3-7-11-21)25(29(32)33)14-24(22)26(19)35-16-20-8-4-2-5-9-20/h2-13,23,25,27H,14-18H2,1H3,(H,32,33)/t25-,27-/m0/s1. The van der Waals surface area contributed by atoms with Crippen LogP contribution in [0.5, 0.6) is 5.75 Å². The third-order valence-electron chi connectivity index (χ3n) is 6.73. The van der Waals surface area contributed by atoms with E-state index in [0.29, 0.717) is 31.1 Å². The van der Waals surface area contributed by atoms with E-state index in [1.165, 1.54) is 4.90 Å². The second kappa shape index (κ2) is 10.5. The third-order valence-corrected chi connectivity index (χ3v) is 6.73. The Hall–Kier alpha value is -3.68. The van der Waals surface area contributed by atoms with Crippen LogP contribution >= 0.6 is 0 Å². The molecule has 0 aliphatic carbocycles. The Labute approximate surface area is 210 Å². The summed E-state index contributed by atoms with van der Waals surface area (Å²) in [5, 5.41) is 10.1. The van der Waals surface area contributed by atoms with Crippen LogP contribution in [-0.2, 0) is 38.6 Å². The molecule has 0 spiro atoms. The van der Waals surface area contributed by atoms with Crippen LogP contribution in [0, 0.1) is 6.92 Å². The number of amides is 1. The van der Waals surface area contributed by atoms with E-state index in [1.807, 2.05) is 79.7 Å². The van der Waals surface area contributed by atoms with Gasteiger partial charge in [0.25, 0.3) is 5.91 Å². The van der Waals surface area contributed by atoms with Gasteiger partial charge < -0.3 is 24.2 Å². The predicted molar refractivity (Wildman–Crippen MR) is 133 cm³/mol. The van der Waals surface area contributed by atoms with Crippen LogP contribution in [0.25, 0.3) is 0 Å². The van der Waals surface area contributed by atoms with Crippen molar-refractivity contribution in [2.75, 3.05) is 13.2 Å².